The number of hydrogen-bond donors (Lipinski definition) is 2. The van der Waals surface area contributed by atoms with E-state index in [9.17, 15) is 4.79 Å². The number of hydrogen-bond acceptors (Lipinski definition) is 4. The van der Waals surface area contributed by atoms with Gasteiger partial charge in [0.1, 0.15) is 0 Å². The lowest BCUT2D eigenvalue weighted by Crippen LogP contribution is -2.17. The van der Waals surface area contributed by atoms with Crippen molar-refractivity contribution in [3.05, 3.63) is 34.2 Å². The van der Waals surface area contributed by atoms with E-state index in [1.54, 1.807) is 4.57 Å². The first-order valence-corrected chi connectivity index (χ1v) is 6.62. The predicted octanol–water partition coefficient (Wildman–Crippen LogP) is 2.02. The van der Waals surface area contributed by atoms with Crippen molar-refractivity contribution in [3.8, 4) is 0 Å². The Morgan fingerprint density at radius 1 is 1.50 bits per heavy atom. The van der Waals surface area contributed by atoms with Crippen LogP contribution in [-0.4, -0.2) is 14.8 Å². The first kappa shape index (κ1) is 12.8. The van der Waals surface area contributed by atoms with E-state index in [0.717, 1.165) is 16.9 Å². The zero-order valence-electron chi connectivity index (χ0n) is 10.4. The third kappa shape index (κ3) is 2.59. The van der Waals surface area contributed by atoms with Crippen molar-refractivity contribution < 1.29 is 0 Å². The quantitative estimate of drug-likeness (QED) is 0.828. The fraction of sp³-hybridized carbons (Fsp3) is 0.333. The Morgan fingerprint density at radius 2 is 2.28 bits per heavy atom. The number of aromatic amines is 1. The van der Waals surface area contributed by atoms with Crippen molar-refractivity contribution in [2.75, 3.05) is 5.73 Å². The highest BCUT2D eigenvalue weighted by Crippen LogP contribution is 2.29. The molecule has 3 N–H and O–H groups in total. The molecule has 0 fully saturated rings. The molecule has 18 heavy (non-hydrogen) atoms. The van der Waals surface area contributed by atoms with Gasteiger partial charge < -0.3 is 5.73 Å². The number of nitrogen functional groups attached to an aromatic ring is 1. The molecule has 0 atom stereocenters. The number of nitrogens with one attached hydrogen (secondary N) is 1. The molecule has 1 aromatic carbocycles. The van der Waals surface area contributed by atoms with Crippen LogP contribution in [0.3, 0.4) is 0 Å². The molecule has 0 bridgehead atoms. The standard InChI is InChI=1S/C12H16N4OS/c1-3-6-16-11(17)14-15-12(16)18-10-7-9(13)5-4-8(10)2/h4-5,7H,3,6,13H2,1-2H3,(H,14,17). The maximum atomic E-state index is 11.6. The topological polar surface area (TPSA) is 76.7 Å². The van der Waals surface area contributed by atoms with Crippen LogP contribution >= 0.6 is 11.8 Å². The summed E-state index contributed by atoms with van der Waals surface area (Å²) in [6, 6.07) is 5.73. The first-order chi connectivity index (χ1) is 8.61. The molecule has 5 nitrogen and oxygen atoms in total. The maximum Gasteiger partial charge on any atom is 0.343 e. The summed E-state index contributed by atoms with van der Waals surface area (Å²) in [4.78, 5) is 12.6. The Kier molecular flexibility index (Phi) is 3.76. The van der Waals surface area contributed by atoms with Crippen LogP contribution in [-0.2, 0) is 6.54 Å². The molecule has 1 aromatic heterocycles. The van der Waals surface area contributed by atoms with E-state index in [2.05, 4.69) is 10.2 Å². The third-order valence-corrected chi connectivity index (χ3v) is 3.74. The highest BCUT2D eigenvalue weighted by atomic mass is 32.2. The van der Waals surface area contributed by atoms with Gasteiger partial charge in [-0.25, -0.2) is 9.89 Å². The number of aromatic nitrogens is 3. The van der Waals surface area contributed by atoms with E-state index < -0.39 is 0 Å². The zero-order valence-corrected chi connectivity index (χ0v) is 11.3. The first-order valence-electron chi connectivity index (χ1n) is 5.81. The van der Waals surface area contributed by atoms with E-state index >= 15 is 0 Å². The minimum Gasteiger partial charge on any atom is -0.399 e. The average Bonchev–Trinajstić information content (AvgIpc) is 2.67. The molecule has 96 valence electrons. The molecule has 6 heteroatoms. The summed E-state index contributed by atoms with van der Waals surface area (Å²) in [7, 11) is 0. The zero-order chi connectivity index (χ0) is 13.1. The fourth-order valence-electron chi connectivity index (χ4n) is 1.63. The number of H-pyrrole nitrogens is 1. The van der Waals surface area contributed by atoms with Crippen LogP contribution in [0.2, 0.25) is 0 Å². The van der Waals surface area contributed by atoms with Gasteiger partial charge in [-0.2, -0.15) is 0 Å². The van der Waals surface area contributed by atoms with Gasteiger partial charge in [-0.15, -0.1) is 5.10 Å². The van der Waals surface area contributed by atoms with Crippen molar-refractivity contribution in [2.45, 2.75) is 36.9 Å². The Bertz CT molecular complexity index is 602. The van der Waals surface area contributed by atoms with E-state index in [4.69, 9.17) is 5.73 Å². The molecule has 0 saturated carbocycles. The van der Waals surface area contributed by atoms with Crippen LogP contribution in [0, 0.1) is 6.92 Å². The summed E-state index contributed by atoms with van der Waals surface area (Å²) in [5.74, 6) is 0. The summed E-state index contributed by atoms with van der Waals surface area (Å²) in [5, 5.41) is 7.21. The summed E-state index contributed by atoms with van der Waals surface area (Å²) in [6.07, 6.45) is 0.892. The molecular formula is C12H16N4OS. The highest BCUT2D eigenvalue weighted by molar-refractivity contribution is 7.99. The number of aryl methyl sites for hydroxylation is 1. The smallest absolute Gasteiger partial charge is 0.343 e. The summed E-state index contributed by atoms with van der Waals surface area (Å²) < 4.78 is 1.65. The molecule has 0 unspecified atom stereocenters. The summed E-state index contributed by atoms with van der Waals surface area (Å²) >= 11 is 1.46. The summed E-state index contributed by atoms with van der Waals surface area (Å²) in [6.45, 7) is 4.70. The molecule has 0 aliphatic carbocycles. The van der Waals surface area contributed by atoms with Gasteiger partial charge in [-0.1, -0.05) is 13.0 Å². The van der Waals surface area contributed by atoms with Crippen molar-refractivity contribution in [2.24, 2.45) is 0 Å². The van der Waals surface area contributed by atoms with Gasteiger partial charge in [-0.3, -0.25) is 4.57 Å². The molecule has 0 amide bonds. The van der Waals surface area contributed by atoms with Gasteiger partial charge in [0.05, 0.1) is 0 Å². The maximum absolute atomic E-state index is 11.6. The normalized spacial score (nSPS) is 10.8. The van der Waals surface area contributed by atoms with Gasteiger partial charge in [0, 0.05) is 17.1 Å². The minimum atomic E-state index is -0.166. The molecule has 0 radical (unpaired) electrons. The largest absolute Gasteiger partial charge is 0.399 e. The number of rotatable bonds is 4. The van der Waals surface area contributed by atoms with Gasteiger partial charge in [0.25, 0.3) is 0 Å². The van der Waals surface area contributed by atoms with E-state index in [1.807, 2.05) is 32.0 Å². The number of benzene rings is 1. The SMILES string of the molecule is CCCn1c(Sc2cc(N)ccc2C)n[nH]c1=O. The van der Waals surface area contributed by atoms with Gasteiger partial charge in [0.15, 0.2) is 5.16 Å². The van der Waals surface area contributed by atoms with Crippen LogP contribution in [0.4, 0.5) is 5.69 Å². The van der Waals surface area contributed by atoms with Gasteiger partial charge in [0.2, 0.25) is 0 Å². The lowest BCUT2D eigenvalue weighted by Gasteiger charge is -2.07. The van der Waals surface area contributed by atoms with Crippen LogP contribution in [0.15, 0.2) is 33.0 Å². The lowest BCUT2D eigenvalue weighted by molar-refractivity contribution is 0.604. The second-order valence-corrected chi connectivity index (χ2v) is 5.10. The molecule has 0 aliphatic heterocycles. The number of anilines is 1. The second-order valence-electron chi connectivity index (χ2n) is 4.09. The van der Waals surface area contributed by atoms with Gasteiger partial charge >= 0.3 is 5.69 Å². The highest BCUT2D eigenvalue weighted by Gasteiger charge is 2.10. The van der Waals surface area contributed by atoms with Crippen molar-refractivity contribution in [3.63, 3.8) is 0 Å². The number of nitrogens with two attached hydrogens (primary N) is 1. The van der Waals surface area contributed by atoms with Crippen molar-refractivity contribution >= 4 is 17.4 Å². The Morgan fingerprint density at radius 3 is 3.00 bits per heavy atom. The fourth-order valence-corrected chi connectivity index (χ4v) is 2.62. The minimum absolute atomic E-state index is 0.166. The Labute approximate surface area is 109 Å². The third-order valence-electron chi connectivity index (χ3n) is 2.58. The molecule has 0 aliphatic rings. The molecule has 1 heterocycles. The lowest BCUT2D eigenvalue weighted by atomic mass is 10.2. The predicted molar refractivity (Wildman–Crippen MR) is 72.9 cm³/mol. The van der Waals surface area contributed by atoms with Crippen LogP contribution < -0.4 is 11.4 Å². The molecule has 0 spiro atoms. The number of nitrogens with zero attached hydrogens (tertiary/aromatic N) is 2. The second kappa shape index (κ2) is 5.30. The van der Waals surface area contributed by atoms with Crippen molar-refractivity contribution in [1.82, 2.24) is 14.8 Å². The van der Waals surface area contributed by atoms with Crippen LogP contribution in [0.1, 0.15) is 18.9 Å². The van der Waals surface area contributed by atoms with Crippen LogP contribution in [0.5, 0.6) is 0 Å². The Hall–Kier alpha value is -1.69. The van der Waals surface area contributed by atoms with E-state index in [1.165, 1.54) is 11.8 Å². The monoisotopic (exact) mass is 264 g/mol. The van der Waals surface area contributed by atoms with E-state index in [0.29, 0.717) is 17.4 Å². The molecule has 2 rings (SSSR count). The van der Waals surface area contributed by atoms with E-state index in [-0.39, 0.29) is 5.69 Å². The van der Waals surface area contributed by atoms with Crippen molar-refractivity contribution in [1.29, 1.82) is 0 Å². The van der Waals surface area contributed by atoms with Crippen LogP contribution in [0.25, 0.3) is 0 Å². The average molecular weight is 264 g/mol. The Balaban J connectivity index is 2.34. The molecular weight excluding hydrogens is 248 g/mol. The summed E-state index contributed by atoms with van der Waals surface area (Å²) in [5.41, 5.74) is 7.44. The molecule has 2 aromatic rings. The van der Waals surface area contributed by atoms with Gasteiger partial charge in [-0.05, 0) is 42.8 Å². The molecule has 0 saturated heterocycles.